The first kappa shape index (κ1) is 13.7. The number of nitrogens with one attached hydrogen (secondary N) is 1. The molecule has 112 valence electrons. The fraction of sp³-hybridized carbons (Fsp3) is 0.529. The van der Waals surface area contributed by atoms with Gasteiger partial charge >= 0.3 is 0 Å². The Bertz CT molecular complexity index is 588. The third-order valence-corrected chi connectivity index (χ3v) is 5.49. The molecule has 4 heteroatoms. The second kappa shape index (κ2) is 5.04. The van der Waals surface area contributed by atoms with Gasteiger partial charge in [-0.1, -0.05) is 37.1 Å². The van der Waals surface area contributed by atoms with Crippen LogP contribution in [0.2, 0.25) is 0 Å². The average molecular weight is 302 g/mol. The minimum absolute atomic E-state index is 0.0871. The zero-order chi connectivity index (χ0) is 14.4. The Labute approximate surface area is 131 Å². The van der Waals surface area contributed by atoms with Gasteiger partial charge in [0, 0.05) is 18.7 Å². The van der Waals surface area contributed by atoms with Gasteiger partial charge in [0.15, 0.2) is 0 Å². The minimum Gasteiger partial charge on any atom is -0.489 e. The number of nitrogens with zero attached hydrogens (tertiary/aromatic N) is 1. The van der Waals surface area contributed by atoms with Crippen LogP contribution < -0.4 is 9.46 Å². The summed E-state index contributed by atoms with van der Waals surface area (Å²) in [6, 6.07) is 6.54. The number of ether oxygens (including phenoxy) is 1. The summed E-state index contributed by atoms with van der Waals surface area (Å²) in [5.74, 6) is 1.62. The molecular formula is C17H22N2OS. The summed E-state index contributed by atoms with van der Waals surface area (Å²) in [7, 11) is 2.22. The Morgan fingerprint density at radius 2 is 2.38 bits per heavy atom. The van der Waals surface area contributed by atoms with Crippen LogP contribution in [0.1, 0.15) is 24.0 Å². The number of rotatable bonds is 2. The lowest BCUT2D eigenvalue weighted by atomic mass is 9.67. The maximum atomic E-state index is 6.37. The summed E-state index contributed by atoms with van der Waals surface area (Å²) in [6.07, 6.45) is 7.31. The zero-order valence-electron chi connectivity index (χ0n) is 12.4. The fourth-order valence-electron chi connectivity index (χ4n) is 4.25. The number of hydrogen-bond donors (Lipinski definition) is 2. The van der Waals surface area contributed by atoms with Gasteiger partial charge in [-0.25, -0.2) is 0 Å². The summed E-state index contributed by atoms with van der Waals surface area (Å²) < 4.78 is 9.36. The molecule has 1 aromatic rings. The van der Waals surface area contributed by atoms with Crippen molar-refractivity contribution in [3.63, 3.8) is 0 Å². The van der Waals surface area contributed by atoms with Gasteiger partial charge in [0.25, 0.3) is 0 Å². The summed E-state index contributed by atoms with van der Waals surface area (Å²) in [4.78, 5) is 2.43. The Kier molecular flexibility index (Phi) is 3.28. The molecule has 0 radical (unpaired) electrons. The van der Waals surface area contributed by atoms with E-state index in [4.69, 9.17) is 4.74 Å². The predicted molar refractivity (Wildman–Crippen MR) is 87.7 cm³/mol. The molecule has 3 nitrogen and oxygen atoms in total. The molecule has 0 saturated heterocycles. The fourth-order valence-corrected chi connectivity index (χ4v) is 4.48. The van der Waals surface area contributed by atoms with Crippen molar-refractivity contribution in [1.82, 2.24) is 9.62 Å². The molecule has 0 saturated carbocycles. The lowest BCUT2D eigenvalue weighted by molar-refractivity contribution is 0.127. The Morgan fingerprint density at radius 1 is 1.48 bits per heavy atom. The molecule has 1 aromatic carbocycles. The van der Waals surface area contributed by atoms with Crippen molar-refractivity contribution in [3.05, 3.63) is 41.5 Å². The molecule has 0 fully saturated rings. The number of thiol groups is 1. The van der Waals surface area contributed by atoms with Gasteiger partial charge in [0.1, 0.15) is 11.9 Å². The van der Waals surface area contributed by atoms with E-state index in [0.717, 1.165) is 38.2 Å². The molecule has 1 spiro atoms. The van der Waals surface area contributed by atoms with Gasteiger partial charge in [-0.3, -0.25) is 4.72 Å². The second-order valence-corrected chi connectivity index (χ2v) is 6.96. The van der Waals surface area contributed by atoms with Crippen LogP contribution in [0.25, 0.3) is 0 Å². The first-order valence-corrected chi connectivity index (χ1v) is 8.21. The molecule has 4 rings (SSSR count). The number of hydrogen-bond acceptors (Lipinski definition) is 4. The highest BCUT2D eigenvalue weighted by atomic mass is 32.1. The van der Waals surface area contributed by atoms with Gasteiger partial charge in [-0.2, -0.15) is 0 Å². The van der Waals surface area contributed by atoms with Crippen LogP contribution in [-0.4, -0.2) is 31.1 Å². The van der Waals surface area contributed by atoms with Crippen LogP contribution in [0, 0.1) is 5.92 Å². The van der Waals surface area contributed by atoms with Crippen LogP contribution in [-0.2, 0) is 12.0 Å². The molecule has 2 aliphatic heterocycles. The van der Waals surface area contributed by atoms with E-state index in [9.17, 15) is 0 Å². The van der Waals surface area contributed by atoms with Crippen molar-refractivity contribution >= 4 is 12.8 Å². The molecule has 21 heavy (non-hydrogen) atoms. The third-order valence-electron chi connectivity index (χ3n) is 5.31. The van der Waals surface area contributed by atoms with Crippen LogP contribution in [0.3, 0.4) is 0 Å². The van der Waals surface area contributed by atoms with Gasteiger partial charge in [-0.15, -0.1) is 0 Å². The highest BCUT2D eigenvalue weighted by molar-refractivity contribution is 7.78. The third kappa shape index (κ3) is 2.04. The second-order valence-electron chi connectivity index (χ2n) is 6.64. The minimum atomic E-state index is 0.0871. The summed E-state index contributed by atoms with van der Waals surface area (Å²) in [5.41, 5.74) is 2.97. The molecule has 0 bridgehead atoms. The van der Waals surface area contributed by atoms with Crippen LogP contribution in [0.15, 0.2) is 30.4 Å². The van der Waals surface area contributed by atoms with Crippen molar-refractivity contribution in [2.45, 2.75) is 30.9 Å². The van der Waals surface area contributed by atoms with E-state index in [1.54, 1.807) is 0 Å². The SMILES string of the molecule is CN1CC[C@@]23C=CC(CNS)CC2Oc2cccc(c23)C1. The Hall–Kier alpha value is -0.970. The highest BCUT2D eigenvalue weighted by Crippen LogP contribution is 2.53. The van der Waals surface area contributed by atoms with Crippen molar-refractivity contribution in [3.8, 4) is 5.75 Å². The molecule has 1 N–H and O–H groups in total. The van der Waals surface area contributed by atoms with E-state index in [1.165, 1.54) is 11.1 Å². The first-order chi connectivity index (χ1) is 10.2. The Balaban J connectivity index is 1.81. The molecule has 3 atom stereocenters. The van der Waals surface area contributed by atoms with E-state index in [1.807, 2.05) is 0 Å². The molecule has 2 heterocycles. The van der Waals surface area contributed by atoms with Crippen LogP contribution in [0.4, 0.5) is 0 Å². The van der Waals surface area contributed by atoms with Crippen molar-refractivity contribution < 1.29 is 4.74 Å². The monoisotopic (exact) mass is 302 g/mol. The molecule has 0 aromatic heterocycles. The topological polar surface area (TPSA) is 24.5 Å². The van der Waals surface area contributed by atoms with E-state index in [2.05, 4.69) is 59.8 Å². The summed E-state index contributed by atoms with van der Waals surface area (Å²) >= 11 is 4.15. The Morgan fingerprint density at radius 3 is 3.24 bits per heavy atom. The largest absolute Gasteiger partial charge is 0.489 e. The summed E-state index contributed by atoms with van der Waals surface area (Å²) in [6.45, 7) is 3.04. The van der Waals surface area contributed by atoms with Gasteiger partial charge in [-0.05, 0) is 44.0 Å². The molecular weight excluding hydrogens is 280 g/mol. The summed E-state index contributed by atoms with van der Waals surface area (Å²) in [5, 5.41) is 0. The van der Waals surface area contributed by atoms with E-state index < -0.39 is 0 Å². The normalized spacial score (nSPS) is 34.0. The molecule has 3 aliphatic rings. The average Bonchev–Trinajstić information content (AvgIpc) is 2.72. The highest BCUT2D eigenvalue weighted by Gasteiger charge is 2.51. The quantitative estimate of drug-likeness (QED) is 0.648. The van der Waals surface area contributed by atoms with Crippen molar-refractivity contribution in [2.24, 2.45) is 5.92 Å². The van der Waals surface area contributed by atoms with E-state index >= 15 is 0 Å². The lowest BCUT2D eigenvalue weighted by Crippen LogP contribution is -2.42. The van der Waals surface area contributed by atoms with E-state index in [0.29, 0.717) is 5.92 Å². The van der Waals surface area contributed by atoms with Gasteiger partial charge in [0.05, 0.1) is 5.41 Å². The zero-order valence-corrected chi connectivity index (χ0v) is 13.3. The van der Waals surface area contributed by atoms with Crippen molar-refractivity contribution in [2.75, 3.05) is 20.1 Å². The maximum Gasteiger partial charge on any atom is 0.124 e. The first-order valence-electron chi connectivity index (χ1n) is 7.77. The van der Waals surface area contributed by atoms with Crippen LogP contribution >= 0.6 is 12.8 Å². The number of benzene rings is 1. The van der Waals surface area contributed by atoms with Crippen molar-refractivity contribution in [1.29, 1.82) is 0 Å². The maximum absolute atomic E-state index is 6.37. The van der Waals surface area contributed by atoms with Gasteiger partial charge < -0.3 is 9.64 Å². The lowest BCUT2D eigenvalue weighted by Gasteiger charge is -2.37. The van der Waals surface area contributed by atoms with Gasteiger partial charge in [0.2, 0.25) is 0 Å². The standard InChI is InChI=1S/C17H22N2OS/c1-19-8-7-17-6-5-12(10-18-21)9-15(17)20-14-4-2-3-13(11-19)16(14)17/h2-6,12,15,18,21H,7-11H2,1H3/t12?,15?,17-/m0/s1. The van der Waals surface area contributed by atoms with E-state index in [-0.39, 0.29) is 11.5 Å². The van der Waals surface area contributed by atoms with Crippen LogP contribution in [0.5, 0.6) is 5.75 Å². The smallest absolute Gasteiger partial charge is 0.124 e. The molecule has 1 aliphatic carbocycles. The predicted octanol–water partition coefficient (Wildman–Crippen LogP) is 2.53. The molecule has 0 amide bonds. The molecule has 2 unspecified atom stereocenters.